The minimum atomic E-state index is -1.07. The minimum Gasteiger partial charge on any atom is -0.364 e. The van der Waals surface area contributed by atoms with Gasteiger partial charge in [-0.2, -0.15) is 0 Å². The number of anilines is 1. The van der Waals surface area contributed by atoms with E-state index in [-0.39, 0.29) is 17.9 Å². The van der Waals surface area contributed by atoms with Crippen molar-refractivity contribution >= 4 is 17.5 Å². The number of benzene rings is 2. The van der Waals surface area contributed by atoms with E-state index in [0.717, 1.165) is 22.4 Å². The Labute approximate surface area is 147 Å². The Morgan fingerprint density at radius 2 is 1.96 bits per heavy atom. The molecule has 0 radical (unpaired) electrons. The van der Waals surface area contributed by atoms with Gasteiger partial charge in [-0.3, -0.25) is 9.59 Å². The zero-order chi connectivity index (χ0) is 18.0. The molecule has 1 aliphatic heterocycles. The monoisotopic (exact) mass is 338 g/mol. The largest absolute Gasteiger partial charge is 0.364 e. The highest BCUT2D eigenvalue weighted by molar-refractivity contribution is 5.99. The second kappa shape index (κ2) is 6.69. The summed E-state index contributed by atoms with van der Waals surface area (Å²) in [6.45, 7) is 3.68. The number of fused-ring (bicyclic) bond motifs is 1. The van der Waals surface area contributed by atoms with Crippen molar-refractivity contribution in [3.8, 4) is 0 Å². The highest BCUT2D eigenvalue weighted by Crippen LogP contribution is 2.29. The zero-order valence-electron chi connectivity index (χ0n) is 14.6. The van der Waals surface area contributed by atoms with E-state index >= 15 is 0 Å². The van der Waals surface area contributed by atoms with Crippen molar-refractivity contribution in [2.24, 2.45) is 0 Å². The Morgan fingerprint density at radius 3 is 2.64 bits per heavy atom. The van der Waals surface area contributed by atoms with Gasteiger partial charge in [0.05, 0.1) is 12.5 Å². The summed E-state index contributed by atoms with van der Waals surface area (Å²) < 4.78 is 5.54. The van der Waals surface area contributed by atoms with Gasteiger partial charge in [-0.15, -0.1) is 0 Å². The Kier molecular flexibility index (Phi) is 4.59. The van der Waals surface area contributed by atoms with Crippen LogP contribution in [-0.4, -0.2) is 18.9 Å². The van der Waals surface area contributed by atoms with Crippen LogP contribution in [0, 0.1) is 0 Å². The van der Waals surface area contributed by atoms with Crippen molar-refractivity contribution in [1.29, 1.82) is 0 Å². The first-order chi connectivity index (χ1) is 11.9. The average molecular weight is 338 g/mol. The standard InChI is InChI=1S/C20H22N2O3/c1-13(14-9-10-17-15(11-14)12-18(23)22-17)21-19(24)20(2,25-3)16-7-5-4-6-8-16/h4-11,13H,12H2,1-3H3,(H,21,24)(H,22,23). The van der Waals surface area contributed by atoms with Gasteiger partial charge in [0.15, 0.2) is 5.60 Å². The number of nitrogens with one attached hydrogen (secondary N) is 2. The molecule has 0 saturated carbocycles. The highest BCUT2D eigenvalue weighted by Gasteiger charge is 2.36. The summed E-state index contributed by atoms with van der Waals surface area (Å²) in [6, 6.07) is 15.0. The number of hydrogen-bond acceptors (Lipinski definition) is 3. The van der Waals surface area contributed by atoms with Crippen LogP contribution in [0.1, 0.15) is 36.6 Å². The highest BCUT2D eigenvalue weighted by atomic mass is 16.5. The normalized spacial score (nSPS) is 16.5. The number of methoxy groups -OCH3 is 1. The first-order valence-corrected chi connectivity index (χ1v) is 8.28. The second-order valence-electron chi connectivity index (χ2n) is 6.44. The van der Waals surface area contributed by atoms with Crippen molar-refractivity contribution in [3.05, 3.63) is 65.2 Å². The maximum Gasteiger partial charge on any atom is 0.257 e. The van der Waals surface area contributed by atoms with Crippen LogP contribution in [0.2, 0.25) is 0 Å². The third kappa shape index (κ3) is 3.28. The van der Waals surface area contributed by atoms with Crippen LogP contribution in [-0.2, 0) is 26.3 Å². The van der Waals surface area contributed by atoms with Crippen LogP contribution in [0.4, 0.5) is 5.69 Å². The van der Waals surface area contributed by atoms with Crippen LogP contribution in [0.3, 0.4) is 0 Å². The molecule has 0 aliphatic carbocycles. The molecular formula is C20H22N2O3. The number of ether oxygens (including phenoxy) is 1. The zero-order valence-corrected chi connectivity index (χ0v) is 14.6. The molecular weight excluding hydrogens is 316 g/mol. The fourth-order valence-electron chi connectivity index (χ4n) is 3.03. The van der Waals surface area contributed by atoms with E-state index in [9.17, 15) is 9.59 Å². The van der Waals surface area contributed by atoms with E-state index in [1.54, 1.807) is 6.92 Å². The lowest BCUT2D eigenvalue weighted by molar-refractivity contribution is -0.143. The Hall–Kier alpha value is -2.66. The number of hydrogen-bond donors (Lipinski definition) is 2. The lowest BCUT2D eigenvalue weighted by Gasteiger charge is -2.29. The van der Waals surface area contributed by atoms with Crippen LogP contribution >= 0.6 is 0 Å². The van der Waals surface area contributed by atoms with E-state index in [4.69, 9.17) is 4.74 Å². The van der Waals surface area contributed by atoms with Gasteiger partial charge >= 0.3 is 0 Å². The first kappa shape index (κ1) is 17.2. The molecule has 130 valence electrons. The van der Waals surface area contributed by atoms with Crippen LogP contribution in [0.15, 0.2) is 48.5 Å². The topological polar surface area (TPSA) is 67.4 Å². The van der Waals surface area contributed by atoms with E-state index in [1.165, 1.54) is 7.11 Å². The molecule has 2 unspecified atom stereocenters. The van der Waals surface area contributed by atoms with Gasteiger partial charge in [-0.05, 0) is 36.6 Å². The summed E-state index contributed by atoms with van der Waals surface area (Å²) in [5.74, 6) is -0.205. The summed E-state index contributed by atoms with van der Waals surface area (Å²) in [5, 5.41) is 5.83. The molecule has 5 nitrogen and oxygen atoms in total. The van der Waals surface area contributed by atoms with Crippen molar-refractivity contribution in [2.45, 2.75) is 31.9 Å². The summed E-state index contributed by atoms with van der Waals surface area (Å²) in [7, 11) is 1.53. The van der Waals surface area contributed by atoms with Gasteiger partial charge in [0.1, 0.15) is 0 Å². The number of carbonyl (C=O) groups is 2. The molecule has 2 aromatic rings. The fraction of sp³-hybridized carbons (Fsp3) is 0.300. The molecule has 0 fully saturated rings. The average Bonchev–Trinajstić information content (AvgIpc) is 3.00. The predicted molar refractivity (Wildman–Crippen MR) is 96.1 cm³/mol. The molecule has 2 amide bonds. The minimum absolute atomic E-state index is 0.000116. The van der Waals surface area contributed by atoms with E-state index in [2.05, 4.69) is 10.6 Å². The number of carbonyl (C=O) groups excluding carboxylic acids is 2. The first-order valence-electron chi connectivity index (χ1n) is 8.28. The lowest BCUT2D eigenvalue weighted by Crippen LogP contribution is -2.44. The quantitative estimate of drug-likeness (QED) is 0.881. The Bertz CT molecular complexity index is 804. The second-order valence-corrected chi connectivity index (χ2v) is 6.44. The van der Waals surface area contributed by atoms with Gasteiger partial charge in [-0.1, -0.05) is 42.5 Å². The Morgan fingerprint density at radius 1 is 1.24 bits per heavy atom. The van der Waals surface area contributed by atoms with Crippen molar-refractivity contribution in [1.82, 2.24) is 5.32 Å². The molecule has 2 N–H and O–H groups in total. The molecule has 1 heterocycles. The lowest BCUT2D eigenvalue weighted by atomic mass is 9.94. The molecule has 5 heteroatoms. The third-order valence-electron chi connectivity index (χ3n) is 4.77. The summed E-state index contributed by atoms with van der Waals surface area (Å²) in [6.07, 6.45) is 0.379. The van der Waals surface area contributed by atoms with E-state index < -0.39 is 5.60 Å². The Balaban J connectivity index is 1.78. The van der Waals surface area contributed by atoms with Gasteiger partial charge in [0.25, 0.3) is 5.91 Å². The maximum atomic E-state index is 12.9. The van der Waals surface area contributed by atoms with Gasteiger partial charge in [-0.25, -0.2) is 0 Å². The molecule has 3 rings (SSSR count). The van der Waals surface area contributed by atoms with Crippen molar-refractivity contribution in [2.75, 3.05) is 12.4 Å². The summed E-state index contributed by atoms with van der Waals surface area (Å²) in [5.41, 5.74) is 2.49. The molecule has 0 bridgehead atoms. The molecule has 1 aliphatic rings. The van der Waals surface area contributed by atoms with Gasteiger partial charge in [0.2, 0.25) is 5.91 Å². The van der Waals surface area contributed by atoms with Crippen molar-refractivity contribution in [3.63, 3.8) is 0 Å². The van der Waals surface area contributed by atoms with Gasteiger partial charge in [0, 0.05) is 12.8 Å². The molecule has 25 heavy (non-hydrogen) atoms. The molecule has 0 spiro atoms. The maximum absolute atomic E-state index is 12.9. The van der Waals surface area contributed by atoms with Crippen LogP contribution < -0.4 is 10.6 Å². The third-order valence-corrected chi connectivity index (χ3v) is 4.77. The van der Waals surface area contributed by atoms with Gasteiger partial charge < -0.3 is 15.4 Å². The molecule has 0 saturated heterocycles. The molecule has 0 aromatic heterocycles. The molecule has 2 atom stereocenters. The van der Waals surface area contributed by atoms with Crippen LogP contribution in [0.5, 0.6) is 0 Å². The number of rotatable bonds is 5. The van der Waals surface area contributed by atoms with Crippen molar-refractivity contribution < 1.29 is 14.3 Å². The SMILES string of the molecule is COC(C)(C(=O)NC(C)c1ccc2c(c1)CC(=O)N2)c1ccccc1. The molecule has 2 aromatic carbocycles. The predicted octanol–water partition coefficient (Wildman–Crippen LogP) is 2.92. The summed E-state index contributed by atoms with van der Waals surface area (Å²) in [4.78, 5) is 24.4. The van der Waals surface area contributed by atoms with E-state index in [0.29, 0.717) is 6.42 Å². The smallest absolute Gasteiger partial charge is 0.257 e. The summed E-state index contributed by atoms with van der Waals surface area (Å²) >= 11 is 0. The fourth-order valence-corrected chi connectivity index (χ4v) is 3.03. The van der Waals surface area contributed by atoms with Crippen LogP contribution in [0.25, 0.3) is 0 Å². The number of amides is 2. The van der Waals surface area contributed by atoms with E-state index in [1.807, 2.05) is 55.5 Å².